The number of para-hydroxylation sites is 1. The van der Waals surface area contributed by atoms with E-state index in [1.165, 1.54) is 0 Å². The van der Waals surface area contributed by atoms with Gasteiger partial charge in [-0.3, -0.25) is 4.98 Å². The van der Waals surface area contributed by atoms with Gasteiger partial charge in [-0.2, -0.15) is 9.61 Å². The summed E-state index contributed by atoms with van der Waals surface area (Å²) in [5.74, 6) is 2.03. The van der Waals surface area contributed by atoms with Gasteiger partial charge in [-0.25, -0.2) is 15.0 Å². The van der Waals surface area contributed by atoms with Crippen LogP contribution in [0.2, 0.25) is 0 Å². The van der Waals surface area contributed by atoms with Crippen molar-refractivity contribution in [3.8, 4) is 11.1 Å². The third kappa shape index (κ3) is 2.84. The highest BCUT2D eigenvalue weighted by Gasteiger charge is 2.26. The van der Waals surface area contributed by atoms with Crippen LogP contribution in [0, 0.1) is 6.92 Å². The van der Waals surface area contributed by atoms with Crippen molar-refractivity contribution in [3.63, 3.8) is 0 Å². The van der Waals surface area contributed by atoms with Crippen molar-refractivity contribution >= 4 is 44.1 Å². The molecule has 0 aliphatic carbocycles. The smallest absolute Gasteiger partial charge is 0.167 e. The molecular weight excluding hydrogens is 456 g/mol. The Kier molecular flexibility index (Phi) is 3.94. The van der Waals surface area contributed by atoms with Gasteiger partial charge < -0.3 is 10.6 Å². The van der Waals surface area contributed by atoms with Gasteiger partial charge in [-0.1, -0.05) is 18.2 Å². The second-order valence-electron chi connectivity index (χ2n) is 7.59. The first-order valence-electron chi connectivity index (χ1n) is 9.83. The van der Waals surface area contributed by atoms with Crippen LogP contribution < -0.4 is 10.6 Å². The van der Waals surface area contributed by atoms with Crippen LogP contribution in [0.3, 0.4) is 0 Å². The molecule has 4 aromatic heterocycles. The van der Waals surface area contributed by atoms with Crippen molar-refractivity contribution < 1.29 is 0 Å². The number of pyridine rings is 1. The summed E-state index contributed by atoms with van der Waals surface area (Å²) in [5, 5.41) is 5.55. The molecule has 31 heavy (non-hydrogen) atoms. The molecule has 152 valence electrons. The number of hydrogen-bond donors (Lipinski definition) is 1. The minimum atomic E-state index is 0.498. The van der Waals surface area contributed by atoms with Crippen molar-refractivity contribution in [1.29, 1.82) is 0 Å². The molecule has 0 radical (unpaired) electrons. The molecule has 5 aromatic rings. The molecular formula is C22H17BrN8. The van der Waals surface area contributed by atoms with Crippen LogP contribution in [0.4, 0.5) is 11.6 Å². The number of aromatic nitrogens is 6. The molecule has 5 heterocycles. The van der Waals surface area contributed by atoms with Gasteiger partial charge in [0.2, 0.25) is 0 Å². The number of nitrogen functional groups attached to an aromatic ring is 1. The van der Waals surface area contributed by atoms with Gasteiger partial charge in [0.1, 0.15) is 21.9 Å². The summed E-state index contributed by atoms with van der Waals surface area (Å²) in [6.45, 7) is 3.23. The average molecular weight is 473 g/mol. The maximum atomic E-state index is 6.44. The number of fused-ring (bicyclic) bond motifs is 3. The Morgan fingerprint density at radius 1 is 1.03 bits per heavy atom. The highest BCUT2D eigenvalue weighted by atomic mass is 79.9. The molecule has 0 spiro atoms. The maximum Gasteiger partial charge on any atom is 0.167 e. The molecule has 6 rings (SSSR count). The lowest BCUT2D eigenvalue weighted by Gasteiger charge is -2.19. The molecule has 0 fully saturated rings. The van der Waals surface area contributed by atoms with E-state index in [9.17, 15) is 0 Å². The fraction of sp³-hybridized carbons (Fsp3) is 0.136. The van der Waals surface area contributed by atoms with E-state index in [0.29, 0.717) is 29.0 Å². The fourth-order valence-corrected chi connectivity index (χ4v) is 4.52. The van der Waals surface area contributed by atoms with Gasteiger partial charge in [-0.05, 0) is 35.0 Å². The Balaban J connectivity index is 1.49. The highest BCUT2D eigenvalue weighted by molar-refractivity contribution is 9.10. The number of aryl methyl sites for hydroxylation is 1. The first-order valence-corrected chi connectivity index (χ1v) is 10.6. The minimum Gasteiger partial charge on any atom is -0.383 e. The molecule has 0 bridgehead atoms. The maximum absolute atomic E-state index is 6.44. The van der Waals surface area contributed by atoms with Crippen molar-refractivity contribution in [1.82, 2.24) is 29.5 Å². The molecule has 2 N–H and O–H groups in total. The number of nitrogens with zero attached hydrogens (tertiary/aromatic N) is 7. The normalized spacial score (nSPS) is 13.3. The van der Waals surface area contributed by atoms with E-state index in [-0.39, 0.29) is 0 Å². The number of halogens is 1. The quantitative estimate of drug-likeness (QED) is 0.415. The average Bonchev–Trinajstić information content (AvgIpc) is 3.39. The van der Waals surface area contributed by atoms with Crippen LogP contribution in [0.25, 0.3) is 27.7 Å². The Hall–Kier alpha value is -3.59. The molecule has 0 amide bonds. The Labute approximate surface area is 185 Å². The summed E-state index contributed by atoms with van der Waals surface area (Å²) in [4.78, 5) is 20.6. The summed E-state index contributed by atoms with van der Waals surface area (Å²) < 4.78 is 2.37. The van der Waals surface area contributed by atoms with Gasteiger partial charge in [0.15, 0.2) is 5.65 Å². The summed E-state index contributed by atoms with van der Waals surface area (Å²) in [5.41, 5.74) is 12.0. The largest absolute Gasteiger partial charge is 0.383 e. The second-order valence-corrected chi connectivity index (χ2v) is 8.38. The first-order chi connectivity index (χ1) is 15.1. The van der Waals surface area contributed by atoms with Crippen LogP contribution >= 0.6 is 15.9 Å². The van der Waals surface area contributed by atoms with Crippen molar-refractivity contribution in [2.24, 2.45) is 0 Å². The van der Waals surface area contributed by atoms with Gasteiger partial charge in [0, 0.05) is 41.0 Å². The molecule has 0 unspecified atom stereocenters. The number of nitrogens with two attached hydrogens (primary N) is 1. The third-order valence-electron chi connectivity index (χ3n) is 5.58. The van der Waals surface area contributed by atoms with Crippen LogP contribution in [0.5, 0.6) is 0 Å². The van der Waals surface area contributed by atoms with E-state index in [2.05, 4.69) is 46.9 Å². The zero-order valence-corrected chi connectivity index (χ0v) is 18.2. The summed E-state index contributed by atoms with van der Waals surface area (Å²) in [6.07, 6.45) is 5.52. The van der Waals surface area contributed by atoms with Crippen LogP contribution in [0.1, 0.15) is 17.1 Å². The fourth-order valence-electron chi connectivity index (χ4n) is 4.02. The predicted molar refractivity (Wildman–Crippen MR) is 122 cm³/mol. The molecule has 9 heteroatoms. The standard InChI is InChI=1S/C22H17BrN8/c1-12-25-8-15-10-30(11-18(15)28-12)22-19(23)20(24)31-21(29-22)16(9-27-31)14-6-13-4-2-3-5-17(13)26-7-14/h2-9H,10-11,24H2,1H3. The van der Waals surface area contributed by atoms with Gasteiger partial charge in [-0.15, -0.1) is 0 Å². The molecule has 0 atom stereocenters. The van der Waals surface area contributed by atoms with Crippen molar-refractivity contribution in [2.75, 3.05) is 10.6 Å². The second kappa shape index (κ2) is 6.71. The number of anilines is 2. The molecule has 1 aromatic carbocycles. The van der Waals surface area contributed by atoms with E-state index in [1.807, 2.05) is 43.6 Å². The van der Waals surface area contributed by atoms with Crippen LogP contribution in [0.15, 0.2) is 53.4 Å². The molecule has 1 aliphatic heterocycles. The van der Waals surface area contributed by atoms with E-state index in [4.69, 9.17) is 10.7 Å². The van der Waals surface area contributed by atoms with E-state index in [0.717, 1.165) is 44.9 Å². The lowest BCUT2D eigenvalue weighted by molar-refractivity contribution is 0.834. The third-order valence-corrected chi connectivity index (χ3v) is 6.34. The minimum absolute atomic E-state index is 0.498. The number of hydrogen-bond acceptors (Lipinski definition) is 7. The summed E-state index contributed by atoms with van der Waals surface area (Å²) in [7, 11) is 0. The van der Waals surface area contributed by atoms with Gasteiger partial charge >= 0.3 is 0 Å². The Morgan fingerprint density at radius 2 is 1.90 bits per heavy atom. The topological polar surface area (TPSA) is 98.1 Å². The summed E-state index contributed by atoms with van der Waals surface area (Å²) >= 11 is 3.63. The molecule has 1 aliphatic rings. The molecule has 0 saturated heterocycles. The van der Waals surface area contributed by atoms with E-state index in [1.54, 1.807) is 10.7 Å². The zero-order valence-electron chi connectivity index (χ0n) is 16.6. The van der Waals surface area contributed by atoms with E-state index < -0.39 is 0 Å². The van der Waals surface area contributed by atoms with E-state index >= 15 is 0 Å². The SMILES string of the molecule is Cc1ncc2c(n1)CN(c1nc3c(-c4cnc5ccccc5c4)cnn3c(N)c1Br)C2. The Morgan fingerprint density at radius 3 is 2.81 bits per heavy atom. The van der Waals surface area contributed by atoms with Crippen molar-refractivity contribution in [2.45, 2.75) is 20.0 Å². The number of benzene rings is 1. The van der Waals surface area contributed by atoms with Gasteiger partial charge in [0.05, 0.1) is 24.0 Å². The Bertz CT molecular complexity index is 1490. The summed E-state index contributed by atoms with van der Waals surface area (Å²) in [6, 6.07) is 10.1. The highest BCUT2D eigenvalue weighted by Crippen LogP contribution is 2.37. The van der Waals surface area contributed by atoms with Crippen LogP contribution in [-0.2, 0) is 13.1 Å². The molecule has 0 saturated carbocycles. The zero-order chi connectivity index (χ0) is 21.1. The predicted octanol–water partition coefficient (Wildman–Crippen LogP) is 3.91. The monoisotopic (exact) mass is 472 g/mol. The van der Waals surface area contributed by atoms with Crippen LogP contribution in [-0.4, -0.2) is 29.5 Å². The molecule has 8 nitrogen and oxygen atoms in total. The number of rotatable bonds is 2. The van der Waals surface area contributed by atoms with Crippen molar-refractivity contribution in [3.05, 3.63) is 70.5 Å². The van der Waals surface area contributed by atoms with Gasteiger partial charge in [0.25, 0.3) is 0 Å². The lowest BCUT2D eigenvalue weighted by atomic mass is 10.1. The lowest BCUT2D eigenvalue weighted by Crippen LogP contribution is -2.18. The first kappa shape index (κ1) is 18.2.